The Labute approximate surface area is 112 Å². The number of nitrogens with zero attached hydrogens (tertiary/aromatic N) is 1. The number of ether oxygens (including phenoxy) is 1. The molecule has 0 radical (unpaired) electrons. The van der Waals surface area contributed by atoms with Gasteiger partial charge in [0.15, 0.2) is 0 Å². The number of methoxy groups -OCH3 is 1. The second-order valence-corrected chi connectivity index (χ2v) is 5.14. The minimum absolute atomic E-state index is 0.00499. The van der Waals surface area contributed by atoms with Gasteiger partial charge in [0.1, 0.15) is 0 Å². The number of hydrogen-bond donors (Lipinski definition) is 2. The van der Waals surface area contributed by atoms with Crippen molar-refractivity contribution in [3.63, 3.8) is 0 Å². The Bertz CT molecular complexity index is 568. The maximum atomic E-state index is 5.73. The zero-order chi connectivity index (χ0) is 13.2. The van der Waals surface area contributed by atoms with E-state index in [1.165, 1.54) is 12.8 Å². The average Bonchev–Trinajstić information content (AvgIpc) is 3.28. The molecule has 2 aromatic rings. The Morgan fingerprint density at radius 1 is 1.37 bits per heavy atom. The first kappa shape index (κ1) is 12.5. The highest BCUT2D eigenvalue weighted by atomic mass is 16.5. The largest absolute Gasteiger partial charge is 0.379 e. The molecular weight excluding hydrogens is 238 g/mol. The molecule has 1 aromatic carbocycles. The van der Waals surface area contributed by atoms with Crippen LogP contribution < -0.4 is 11.3 Å². The molecule has 3 N–H and O–H groups in total. The minimum Gasteiger partial charge on any atom is -0.379 e. The molecule has 1 heterocycles. The van der Waals surface area contributed by atoms with Crippen LogP contribution in [0.15, 0.2) is 36.5 Å². The van der Waals surface area contributed by atoms with E-state index in [2.05, 4.69) is 22.5 Å². The number of hydrazine groups is 1. The Morgan fingerprint density at radius 2 is 2.16 bits per heavy atom. The summed E-state index contributed by atoms with van der Waals surface area (Å²) in [6.07, 6.45) is 4.45. The molecule has 100 valence electrons. The van der Waals surface area contributed by atoms with Gasteiger partial charge >= 0.3 is 0 Å². The molecule has 2 unspecified atom stereocenters. The van der Waals surface area contributed by atoms with Gasteiger partial charge in [-0.2, -0.15) is 0 Å². The first-order valence-electron chi connectivity index (χ1n) is 6.67. The van der Waals surface area contributed by atoms with Crippen LogP contribution in [0.1, 0.15) is 24.4 Å². The fourth-order valence-corrected chi connectivity index (χ4v) is 2.66. The van der Waals surface area contributed by atoms with Gasteiger partial charge in [0.25, 0.3) is 0 Å². The molecule has 4 heteroatoms. The van der Waals surface area contributed by atoms with E-state index in [1.807, 2.05) is 24.4 Å². The molecule has 0 saturated heterocycles. The predicted molar refractivity (Wildman–Crippen MR) is 75.3 cm³/mol. The first-order valence-corrected chi connectivity index (χ1v) is 6.67. The summed E-state index contributed by atoms with van der Waals surface area (Å²) in [7, 11) is 1.75. The van der Waals surface area contributed by atoms with Crippen LogP contribution in [0.5, 0.6) is 0 Å². The van der Waals surface area contributed by atoms with Gasteiger partial charge in [0, 0.05) is 18.7 Å². The van der Waals surface area contributed by atoms with Crippen LogP contribution in [0.4, 0.5) is 0 Å². The van der Waals surface area contributed by atoms with E-state index in [4.69, 9.17) is 10.6 Å². The topological polar surface area (TPSA) is 60.2 Å². The van der Waals surface area contributed by atoms with Gasteiger partial charge in [-0.1, -0.05) is 18.2 Å². The zero-order valence-electron chi connectivity index (χ0n) is 11.0. The predicted octanol–water partition coefficient (Wildman–Crippen LogP) is 2.16. The lowest BCUT2D eigenvalue weighted by molar-refractivity contribution is 0.0506. The highest BCUT2D eigenvalue weighted by Crippen LogP contribution is 2.39. The lowest BCUT2D eigenvalue weighted by Crippen LogP contribution is -2.38. The molecule has 0 spiro atoms. The van der Waals surface area contributed by atoms with Gasteiger partial charge in [-0.05, 0) is 36.5 Å². The Morgan fingerprint density at radius 3 is 2.84 bits per heavy atom. The molecule has 3 rings (SSSR count). The SMILES string of the molecule is COC(C1CC1)C(NN)c1cnc2ccccc2c1. The molecular formula is C15H19N3O. The van der Waals surface area contributed by atoms with E-state index in [9.17, 15) is 0 Å². The number of fused-ring (bicyclic) bond motifs is 1. The molecule has 1 fully saturated rings. The summed E-state index contributed by atoms with van der Waals surface area (Å²) in [5.74, 6) is 6.34. The smallest absolute Gasteiger partial charge is 0.0807 e. The van der Waals surface area contributed by atoms with Gasteiger partial charge in [-0.25, -0.2) is 0 Å². The molecule has 4 nitrogen and oxygen atoms in total. The number of aromatic nitrogens is 1. The lowest BCUT2D eigenvalue weighted by atomic mass is 9.99. The number of nitrogens with two attached hydrogens (primary N) is 1. The highest BCUT2D eigenvalue weighted by molar-refractivity contribution is 5.78. The first-order chi connectivity index (χ1) is 9.33. The molecule has 1 aliphatic rings. The van der Waals surface area contributed by atoms with Crippen molar-refractivity contribution in [3.8, 4) is 0 Å². The molecule has 1 saturated carbocycles. The number of para-hydroxylation sites is 1. The molecule has 1 aliphatic carbocycles. The number of pyridine rings is 1. The Hall–Kier alpha value is -1.49. The van der Waals surface area contributed by atoms with Crippen LogP contribution in [0.2, 0.25) is 0 Å². The van der Waals surface area contributed by atoms with Crippen LogP contribution >= 0.6 is 0 Å². The molecule has 0 aliphatic heterocycles. The van der Waals surface area contributed by atoms with E-state index in [1.54, 1.807) is 7.11 Å². The summed E-state index contributed by atoms with van der Waals surface area (Å²) in [6, 6.07) is 10.2. The van der Waals surface area contributed by atoms with E-state index in [-0.39, 0.29) is 12.1 Å². The van der Waals surface area contributed by atoms with Crippen LogP contribution in [0, 0.1) is 5.92 Å². The van der Waals surface area contributed by atoms with Gasteiger partial charge in [0.2, 0.25) is 0 Å². The van der Waals surface area contributed by atoms with Crippen molar-refractivity contribution in [3.05, 3.63) is 42.1 Å². The molecule has 0 amide bonds. The van der Waals surface area contributed by atoms with Gasteiger partial charge in [-0.3, -0.25) is 16.3 Å². The third-order valence-electron chi connectivity index (χ3n) is 3.84. The fourth-order valence-electron chi connectivity index (χ4n) is 2.66. The quantitative estimate of drug-likeness (QED) is 0.636. The molecule has 19 heavy (non-hydrogen) atoms. The number of hydrogen-bond acceptors (Lipinski definition) is 4. The highest BCUT2D eigenvalue weighted by Gasteiger charge is 2.37. The number of nitrogens with one attached hydrogen (secondary N) is 1. The summed E-state index contributed by atoms with van der Waals surface area (Å²) in [5, 5.41) is 1.13. The van der Waals surface area contributed by atoms with Crippen molar-refractivity contribution in [2.45, 2.75) is 25.0 Å². The van der Waals surface area contributed by atoms with Crippen molar-refractivity contribution in [2.75, 3.05) is 7.11 Å². The minimum atomic E-state index is -0.00499. The van der Waals surface area contributed by atoms with E-state index in [0.717, 1.165) is 16.5 Å². The van der Waals surface area contributed by atoms with E-state index >= 15 is 0 Å². The summed E-state index contributed by atoms with van der Waals surface area (Å²) in [6.45, 7) is 0. The maximum Gasteiger partial charge on any atom is 0.0807 e. The summed E-state index contributed by atoms with van der Waals surface area (Å²) >= 11 is 0. The standard InChI is InChI=1S/C15H19N3O/c1-19-15(10-6-7-10)14(18-16)12-8-11-4-2-3-5-13(11)17-9-12/h2-5,8-10,14-15,18H,6-7,16H2,1H3. The van der Waals surface area contributed by atoms with Crippen molar-refractivity contribution in [1.82, 2.24) is 10.4 Å². The van der Waals surface area contributed by atoms with Gasteiger partial charge < -0.3 is 4.74 Å². The lowest BCUT2D eigenvalue weighted by Gasteiger charge is -2.25. The van der Waals surface area contributed by atoms with Crippen molar-refractivity contribution >= 4 is 10.9 Å². The van der Waals surface area contributed by atoms with Crippen molar-refractivity contribution < 1.29 is 4.74 Å². The molecule has 1 aromatic heterocycles. The third kappa shape index (κ3) is 2.47. The van der Waals surface area contributed by atoms with Gasteiger partial charge in [0.05, 0.1) is 17.7 Å². The van der Waals surface area contributed by atoms with Crippen LogP contribution in [-0.2, 0) is 4.74 Å². The summed E-state index contributed by atoms with van der Waals surface area (Å²) in [4.78, 5) is 4.50. The Balaban J connectivity index is 1.95. The van der Waals surface area contributed by atoms with Crippen molar-refractivity contribution in [2.24, 2.45) is 11.8 Å². The number of benzene rings is 1. The molecule has 0 bridgehead atoms. The maximum absolute atomic E-state index is 5.73. The van der Waals surface area contributed by atoms with Gasteiger partial charge in [-0.15, -0.1) is 0 Å². The second-order valence-electron chi connectivity index (χ2n) is 5.14. The fraction of sp³-hybridized carbons (Fsp3) is 0.400. The van der Waals surface area contributed by atoms with Crippen LogP contribution in [0.25, 0.3) is 10.9 Å². The zero-order valence-corrected chi connectivity index (χ0v) is 11.0. The third-order valence-corrected chi connectivity index (χ3v) is 3.84. The normalized spacial score (nSPS) is 18.4. The number of rotatable bonds is 5. The second kappa shape index (κ2) is 5.25. The van der Waals surface area contributed by atoms with Crippen LogP contribution in [-0.4, -0.2) is 18.2 Å². The molecule has 2 atom stereocenters. The van der Waals surface area contributed by atoms with Crippen LogP contribution in [0.3, 0.4) is 0 Å². The Kier molecular flexibility index (Phi) is 3.46. The van der Waals surface area contributed by atoms with Crippen molar-refractivity contribution in [1.29, 1.82) is 0 Å². The summed E-state index contributed by atoms with van der Waals surface area (Å²) < 4.78 is 5.62. The monoisotopic (exact) mass is 257 g/mol. The van der Waals surface area contributed by atoms with E-state index in [0.29, 0.717) is 5.92 Å². The summed E-state index contributed by atoms with van der Waals surface area (Å²) in [5.41, 5.74) is 4.98. The average molecular weight is 257 g/mol. The van der Waals surface area contributed by atoms with E-state index < -0.39 is 0 Å².